The van der Waals surface area contributed by atoms with Gasteiger partial charge >= 0.3 is 0 Å². The third-order valence-electron chi connectivity index (χ3n) is 1.18. The van der Waals surface area contributed by atoms with E-state index in [1.54, 1.807) is 24.2 Å². The van der Waals surface area contributed by atoms with Crippen LogP contribution in [0.4, 0.5) is 0 Å². The number of aromatic nitrogens is 2. The van der Waals surface area contributed by atoms with E-state index < -0.39 is 0 Å². The molecule has 0 unspecified atom stereocenters. The van der Waals surface area contributed by atoms with E-state index in [9.17, 15) is 0 Å². The second-order valence-corrected chi connectivity index (χ2v) is 2.03. The van der Waals surface area contributed by atoms with Crippen molar-refractivity contribution in [3.05, 3.63) is 12.4 Å². The van der Waals surface area contributed by atoms with Gasteiger partial charge in [0.25, 0.3) is 0 Å². The summed E-state index contributed by atoms with van der Waals surface area (Å²) >= 11 is 0. The fourth-order valence-electron chi connectivity index (χ4n) is 0.687. The van der Waals surface area contributed by atoms with Gasteiger partial charge in [-0.25, -0.2) is 0 Å². The number of methoxy groups -OCH3 is 1. The zero-order valence-corrected chi connectivity index (χ0v) is 5.95. The molecule has 52 valence electrons. The summed E-state index contributed by atoms with van der Waals surface area (Å²) in [5.74, 6) is 0. The van der Waals surface area contributed by atoms with Crippen LogP contribution in [0.1, 0.15) is 0 Å². The molecule has 0 saturated heterocycles. The van der Waals surface area contributed by atoms with Crippen molar-refractivity contribution < 1.29 is 4.74 Å². The van der Waals surface area contributed by atoms with Crippen LogP contribution >= 0.6 is 0 Å². The molecule has 2 radical (unpaired) electrons. The Morgan fingerprint density at radius 3 is 3.10 bits per heavy atom. The molecule has 0 aliphatic rings. The molecule has 0 N–H and O–H groups in total. The van der Waals surface area contributed by atoms with E-state index in [1.807, 2.05) is 0 Å². The van der Waals surface area contributed by atoms with Gasteiger partial charge in [0, 0.05) is 19.5 Å². The first-order valence-electron chi connectivity index (χ1n) is 3.10. The number of nitrogens with zero attached hydrogens (tertiary/aromatic N) is 2. The number of ether oxygens (including phenoxy) is 1. The average Bonchev–Trinajstić information content (AvgIpc) is 2.31. The van der Waals surface area contributed by atoms with Crippen molar-refractivity contribution in [1.29, 1.82) is 0 Å². The smallest absolute Gasteiger partial charge is 0.118 e. The van der Waals surface area contributed by atoms with Gasteiger partial charge < -0.3 is 4.74 Å². The van der Waals surface area contributed by atoms with E-state index in [0.717, 1.165) is 6.54 Å². The summed E-state index contributed by atoms with van der Waals surface area (Å²) in [6.07, 6.45) is 3.40. The Kier molecular flexibility index (Phi) is 2.51. The molecule has 1 rings (SSSR count). The van der Waals surface area contributed by atoms with Gasteiger partial charge in [0.2, 0.25) is 0 Å². The van der Waals surface area contributed by atoms with Gasteiger partial charge in [-0.05, 0) is 0 Å². The highest BCUT2D eigenvalue weighted by molar-refractivity contribution is 6.31. The van der Waals surface area contributed by atoms with Crippen LogP contribution in [0.5, 0.6) is 0 Å². The van der Waals surface area contributed by atoms with E-state index in [0.29, 0.717) is 12.1 Å². The standard InChI is InChI=1S/C6H9BN2O/c1-10-3-2-9-5-6(7)4-8-9/h4-5H,2-3H2,1H3. The molecular formula is C6H9BN2O. The molecule has 1 aromatic heterocycles. The van der Waals surface area contributed by atoms with Crippen LogP contribution < -0.4 is 5.46 Å². The Labute approximate surface area is 61.4 Å². The molecule has 0 saturated carbocycles. The van der Waals surface area contributed by atoms with Crippen molar-refractivity contribution in [1.82, 2.24) is 9.78 Å². The van der Waals surface area contributed by atoms with Crippen LogP contribution in [0.2, 0.25) is 0 Å². The van der Waals surface area contributed by atoms with Crippen molar-refractivity contribution in [2.24, 2.45) is 0 Å². The van der Waals surface area contributed by atoms with Gasteiger partial charge in [-0.1, -0.05) is 5.46 Å². The maximum absolute atomic E-state index is 5.43. The van der Waals surface area contributed by atoms with Crippen molar-refractivity contribution in [3.8, 4) is 0 Å². The zero-order chi connectivity index (χ0) is 7.40. The first-order valence-corrected chi connectivity index (χ1v) is 3.10. The molecule has 1 aromatic rings. The van der Waals surface area contributed by atoms with Crippen LogP contribution in [0, 0.1) is 0 Å². The largest absolute Gasteiger partial charge is 0.383 e. The zero-order valence-electron chi connectivity index (χ0n) is 5.95. The minimum absolute atomic E-state index is 0.668. The van der Waals surface area contributed by atoms with Gasteiger partial charge in [-0.2, -0.15) is 5.10 Å². The second kappa shape index (κ2) is 3.41. The van der Waals surface area contributed by atoms with E-state index in [1.165, 1.54) is 0 Å². The molecule has 4 heteroatoms. The van der Waals surface area contributed by atoms with Crippen molar-refractivity contribution >= 4 is 13.3 Å². The summed E-state index contributed by atoms with van der Waals surface area (Å²) in [5, 5.41) is 3.96. The van der Waals surface area contributed by atoms with Crippen LogP contribution in [0.25, 0.3) is 0 Å². The SMILES string of the molecule is [B]c1cnn(CCOC)c1. The Morgan fingerprint density at radius 1 is 1.80 bits per heavy atom. The summed E-state index contributed by atoms with van der Waals surface area (Å²) in [6, 6.07) is 0. The van der Waals surface area contributed by atoms with Crippen molar-refractivity contribution in [2.45, 2.75) is 6.54 Å². The molecule has 0 spiro atoms. The fourth-order valence-corrected chi connectivity index (χ4v) is 0.687. The van der Waals surface area contributed by atoms with Crippen LogP contribution in [0.15, 0.2) is 12.4 Å². The summed E-state index contributed by atoms with van der Waals surface area (Å²) in [6.45, 7) is 1.43. The minimum Gasteiger partial charge on any atom is -0.383 e. The molecule has 3 nitrogen and oxygen atoms in total. The molecule has 0 fully saturated rings. The summed E-state index contributed by atoms with van der Waals surface area (Å²) in [5.41, 5.74) is 0.691. The molecule has 0 aromatic carbocycles. The average molecular weight is 136 g/mol. The predicted molar refractivity (Wildman–Crippen MR) is 39.5 cm³/mol. The van der Waals surface area contributed by atoms with Gasteiger partial charge in [0.1, 0.15) is 7.85 Å². The molecule has 1 heterocycles. The Hall–Kier alpha value is -0.765. The molecule has 0 amide bonds. The normalized spacial score (nSPS) is 10.1. The molecule has 0 aliphatic heterocycles. The molecule has 0 aliphatic carbocycles. The second-order valence-electron chi connectivity index (χ2n) is 2.03. The van der Waals surface area contributed by atoms with E-state index in [2.05, 4.69) is 5.10 Å². The third-order valence-corrected chi connectivity index (χ3v) is 1.18. The lowest BCUT2D eigenvalue weighted by molar-refractivity contribution is 0.183. The van der Waals surface area contributed by atoms with Gasteiger partial charge in [-0.15, -0.1) is 0 Å². The third kappa shape index (κ3) is 1.88. The van der Waals surface area contributed by atoms with E-state index in [-0.39, 0.29) is 0 Å². The number of hydrogen-bond donors (Lipinski definition) is 0. The highest BCUT2D eigenvalue weighted by Gasteiger charge is 1.90. The molecular weight excluding hydrogens is 127 g/mol. The van der Waals surface area contributed by atoms with Crippen LogP contribution in [-0.4, -0.2) is 31.3 Å². The number of rotatable bonds is 3. The first kappa shape index (κ1) is 7.34. The van der Waals surface area contributed by atoms with Gasteiger partial charge in [0.15, 0.2) is 0 Å². The highest BCUT2D eigenvalue weighted by Crippen LogP contribution is 1.80. The Bertz CT molecular complexity index is 199. The molecule has 0 atom stereocenters. The van der Waals surface area contributed by atoms with Crippen LogP contribution in [0.3, 0.4) is 0 Å². The summed E-state index contributed by atoms with van der Waals surface area (Å²) < 4.78 is 6.60. The fraction of sp³-hybridized carbons (Fsp3) is 0.500. The number of hydrogen-bond acceptors (Lipinski definition) is 2. The lowest BCUT2D eigenvalue weighted by Crippen LogP contribution is -2.05. The first-order chi connectivity index (χ1) is 4.83. The highest BCUT2D eigenvalue weighted by atomic mass is 16.5. The maximum atomic E-state index is 5.43. The monoisotopic (exact) mass is 136 g/mol. The van der Waals surface area contributed by atoms with Gasteiger partial charge in [-0.3, -0.25) is 4.68 Å². The Balaban J connectivity index is 2.42. The van der Waals surface area contributed by atoms with Crippen LogP contribution in [-0.2, 0) is 11.3 Å². The topological polar surface area (TPSA) is 27.1 Å². The molecule has 0 bridgehead atoms. The van der Waals surface area contributed by atoms with Crippen molar-refractivity contribution in [2.75, 3.05) is 13.7 Å². The Morgan fingerprint density at radius 2 is 2.60 bits per heavy atom. The van der Waals surface area contributed by atoms with E-state index >= 15 is 0 Å². The lowest BCUT2D eigenvalue weighted by Gasteiger charge is -1.97. The summed E-state index contributed by atoms with van der Waals surface area (Å²) in [4.78, 5) is 0. The van der Waals surface area contributed by atoms with Crippen molar-refractivity contribution in [3.63, 3.8) is 0 Å². The predicted octanol–water partition coefficient (Wildman–Crippen LogP) is -0.677. The quantitative estimate of drug-likeness (QED) is 0.515. The van der Waals surface area contributed by atoms with Gasteiger partial charge in [0.05, 0.1) is 13.2 Å². The minimum atomic E-state index is 0.668. The van der Waals surface area contributed by atoms with E-state index in [4.69, 9.17) is 12.6 Å². The molecule has 10 heavy (non-hydrogen) atoms. The summed E-state index contributed by atoms with van der Waals surface area (Å²) in [7, 11) is 7.09. The lowest BCUT2D eigenvalue weighted by atomic mass is 10.0. The maximum Gasteiger partial charge on any atom is 0.118 e.